The van der Waals surface area contributed by atoms with Crippen LogP contribution in [0.4, 0.5) is 0 Å². The Balaban J connectivity index is 1.94. The van der Waals surface area contributed by atoms with Gasteiger partial charge in [0, 0.05) is 11.3 Å². The van der Waals surface area contributed by atoms with Gasteiger partial charge < -0.3 is 9.84 Å². The molecular formula is C13H10BrClO2S. The highest BCUT2D eigenvalue weighted by atomic mass is 79.9. The maximum Gasteiger partial charge on any atom is 0.122 e. The van der Waals surface area contributed by atoms with Gasteiger partial charge in [0.25, 0.3) is 0 Å². The molecule has 1 aliphatic heterocycles. The molecule has 2 heterocycles. The topological polar surface area (TPSA) is 29.5 Å². The van der Waals surface area contributed by atoms with Crippen LogP contribution in [0.3, 0.4) is 0 Å². The minimum Gasteiger partial charge on any atom is -0.493 e. The van der Waals surface area contributed by atoms with Crippen molar-refractivity contribution >= 4 is 38.9 Å². The van der Waals surface area contributed by atoms with Gasteiger partial charge in [0.15, 0.2) is 0 Å². The quantitative estimate of drug-likeness (QED) is 0.885. The molecule has 1 aromatic heterocycles. The second kappa shape index (κ2) is 4.85. The van der Waals surface area contributed by atoms with Crippen LogP contribution in [-0.2, 0) is 6.42 Å². The highest BCUT2D eigenvalue weighted by molar-refractivity contribution is 9.11. The van der Waals surface area contributed by atoms with Gasteiger partial charge in [-0.2, -0.15) is 0 Å². The van der Waals surface area contributed by atoms with E-state index in [1.54, 1.807) is 6.07 Å². The van der Waals surface area contributed by atoms with E-state index in [0.717, 1.165) is 38.6 Å². The lowest BCUT2D eigenvalue weighted by atomic mass is 10.0. The van der Waals surface area contributed by atoms with E-state index in [0.29, 0.717) is 5.02 Å². The molecule has 0 radical (unpaired) electrons. The van der Waals surface area contributed by atoms with Crippen LogP contribution >= 0.6 is 38.9 Å². The lowest BCUT2D eigenvalue weighted by Crippen LogP contribution is -1.97. The average molecular weight is 346 g/mol. The fourth-order valence-corrected chi connectivity index (χ4v) is 3.80. The number of fused-ring (bicyclic) bond motifs is 1. The van der Waals surface area contributed by atoms with Crippen LogP contribution in [0.1, 0.15) is 22.1 Å². The molecule has 5 heteroatoms. The summed E-state index contributed by atoms with van der Waals surface area (Å²) in [7, 11) is 0. The SMILES string of the molecule is OC(c1ccc2c(c1)CCO2)c1cc(Cl)c(Br)s1. The van der Waals surface area contributed by atoms with Crippen LogP contribution in [-0.4, -0.2) is 11.7 Å². The first kappa shape index (κ1) is 12.5. The molecule has 18 heavy (non-hydrogen) atoms. The zero-order chi connectivity index (χ0) is 12.7. The second-order valence-electron chi connectivity index (χ2n) is 4.14. The van der Waals surface area contributed by atoms with E-state index in [9.17, 15) is 5.11 Å². The number of thiophene rings is 1. The Kier molecular flexibility index (Phi) is 3.36. The number of aliphatic hydroxyl groups is 1. The third-order valence-corrected chi connectivity index (χ3v) is 5.49. The standard InChI is InChI=1S/C13H10BrClO2S/c14-13-9(15)6-11(18-13)12(16)8-1-2-10-7(5-8)3-4-17-10/h1-2,5-6,12,16H,3-4H2. The van der Waals surface area contributed by atoms with Crippen LogP contribution in [0.15, 0.2) is 28.1 Å². The molecule has 0 spiro atoms. The van der Waals surface area contributed by atoms with E-state index < -0.39 is 6.10 Å². The summed E-state index contributed by atoms with van der Waals surface area (Å²) in [5.74, 6) is 0.927. The highest BCUT2D eigenvalue weighted by Gasteiger charge is 2.18. The second-order valence-corrected chi connectivity index (χ2v) is 6.95. The van der Waals surface area contributed by atoms with Gasteiger partial charge in [-0.1, -0.05) is 17.7 Å². The lowest BCUT2D eigenvalue weighted by Gasteiger charge is -2.10. The summed E-state index contributed by atoms with van der Waals surface area (Å²) in [5.41, 5.74) is 2.04. The minimum absolute atomic E-state index is 0.635. The number of aliphatic hydroxyl groups excluding tert-OH is 1. The Hall–Kier alpha value is -0.550. The molecule has 3 rings (SSSR count). The van der Waals surface area contributed by atoms with Crippen LogP contribution in [0.5, 0.6) is 5.75 Å². The zero-order valence-electron chi connectivity index (χ0n) is 9.32. The molecule has 1 aliphatic rings. The van der Waals surface area contributed by atoms with Crippen molar-refractivity contribution in [3.8, 4) is 5.75 Å². The highest BCUT2D eigenvalue weighted by Crippen LogP contribution is 2.38. The first-order valence-electron chi connectivity index (χ1n) is 5.53. The van der Waals surface area contributed by atoms with Crippen molar-refractivity contribution < 1.29 is 9.84 Å². The molecule has 0 fully saturated rings. The molecule has 0 bridgehead atoms. The van der Waals surface area contributed by atoms with Gasteiger partial charge in [0.2, 0.25) is 0 Å². The maximum absolute atomic E-state index is 10.4. The normalized spacial score (nSPS) is 15.3. The first-order chi connectivity index (χ1) is 8.65. The van der Waals surface area contributed by atoms with Crippen molar-refractivity contribution in [2.45, 2.75) is 12.5 Å². The van der Waals surface area contributed by atoms with Gasteiger partial charge in [-0.05, 0) is 45.3 Å². The van der Waals surface area contributed by atoms with Crippen LogP contribution in [0.2, 0.25) is 5.02 Å². The Labute approximate surface area is 122 Å². The van der Waals surface area contributed by atoms with Crippen molar-refractivity contribution in [2.75, 3.05) is 6.61 Å². The first-order valence-corrected chi connectivity index (χ1v) is 7.52. The van der Waals surface area contributed by atoms with Crippen molar-refractivity contribution in [2.24, 2.45) is 0 Å². The third-order valence-electron chi connectivity index (χ3n) is 2.96. The summed E-state index contributed by atoms with van der Waals surface area (Å²) >= 11 is 10.8. The number of benzene rings is 1. The molecule has 1 unspecified atom stereocenters. The number of hydrogen-bond acceptors (Lipinski definition) is 3. The largest absolute Gasteiger partial charge is 0.493 e. The molecule has 2 nitrogen and oxygen atoms in total. The summed E-state index contributed by atoms with van der Waals surface area (Å²) in [6.45, 7) is 0.727. The van der Waals surface area contributed by atoms with E-state index in [1.165, 1.54) is 11.3 Å². The number of rotatable bonds is 2. The predicted octanol–water partition coefficient (Wildman–Crippen LogP) is 4.18. The molecule has 0 saturated heterocycles. The van der Waals surface area contributed by atoms with E-state index >= 15 is 0 Å². The summed E-state index contributed by atoms with van der Waals surface area (Å²) < 4.78 is 6.30. The number of halogens is 2. The van der Waals surface area contributed by atoms with Crippen LogP contribution < -0.4 is 4.74 Å². The summed E-state index contributed by atoms with van der Waals surface area (Å²) in [6, 6.07) is 7.63. The fraction of sp³-hybridized carbons (Fsp3) is 0.231. The summed E-state index contributed by atoms with van der Waals surface area (Å²) in [6.07, 6.45) is 0.273. The van der Waals surface area contributed by atoms with E-state index in [4.69, 9.17) is 16.3 Å². The van der Waals surface area contributed by atoms with Gasteiger partial charge in [0.05, 0.1) is 15.4 Å². The monoisotopic (exact) mass is 344 g/mol. The Bertz CT molecular complexity index is 577. The average Bonchev–Trinajstić information content (AvgIpc) is 2.95. The number of hydrogen-bond donors (Lipinski definition) is 1. The molecule has 1 aromatic carbocycles. The van der Waals surface area contributed by atoms with Crippen molar-refractivity contribution in [1.82, 2.24) is 0 Å². The Morgan fingerprint density at radius 1 is 1.39 bits per heavy atom. The van der Waals surface area contributed by atoms with Crippen LogP contribution in [0, 0.1) is 0 Å². The number of ether oxygens (including phenoxy) is 1. The smallest absolute Gasteiger partial charge is 0.122 e. The molecule has 1 N–H and O–H groups in total. The van der Waals surface area contributed by atoms with Gasteiger partial charge in [-0.15, -0.1) is 11.3 Å². The maximum atomic E-state index is 10.4. The van der Waals surface area contributed by atoms with Gasteiger partial charge >= 0.3 is 0 Å². The van der Waals surface area contributed by atoms with Crippen molar-refractivity contribution in [3.63, 3.8) is 0 Å². The summed E-state index contributed by atoms with van der Waals surface area (Å²) in [4.78, 5) is 0.839. The molecule has 1 atom stereocenters. The van der Waals surface area contributed by atoms with Crippen molar-refractivity contribution in [3.05, 3.63) is 49.1 Å². The molecule has 2 aromatic rings. The fourth-order valence-electron chi connectivity index (χ4n) is 2.04. The van der Waals surface area contributed by atoms with Gasteiger partial charge in [-0.3, -0.25) is 0 Å². The Morgan fingerprint density at radius 2 is 2.22 bits per heavy atom. The predicted molar refractivity (Wildman–Crippen MR) is 76.7 cm³/mol. The van der Waals surface area contributed by atoms with Gasteiger partial charge in [0.1, 0.15) is 11.9 Å². The Morgan fingerprint density at radius 3 is 2.94 bits per heavy atom. The molecular weight excluding hydrogens is 336 g/mol. The van der Waals surface area contributed by atoms with Crippen LogP contribution in [0.25, 0.3) is 0 Å². The van der Waals surface area contributed by atoms with Gasteiger partial charge in [-0.25, -0.2) is 0 Å². The molecule has 94 valence electrons. The van der Waals surface area contributed by atoms with E-state index in [-0.39, 0.29) is 0 Å². The summed E-state index contributed by atoms with van der Waals surface area (Å²) in [5, 5.41) is 11.0. The third kappa shape index (κ3) is 2.18. The minimum atomic E-state index is -0.635. The molecule has 0 amide bonds. The molecule has 0 aliphatic carbocycles. The van der Waals surface area contributed by atoms with Crippen molar-refractivity contribution in [1.29, 1.82) is 0 Å². The lowest BCUT2D eigenvalue weighted by molar-refractivity contribution is 0.224. The van der Waals surface area contributed by atoms with E-state index in [1.807, 2.05) is 18.2 Å². The zero-order valence-corrected chi connectivity index (χ0v) is 12.5. The molecule has 0 saturated carbocycles. The van der Waals surface area contributed by atoms with E-state index in [2.05, 4.69) is 15.9 Å².